The van der Waals surface area contributed by atoms with Crippen LogP contribution in [-0.2, 0) is 0 Å². The maximum Gasteiger partial charge on any atom is 0.118 e. The number of likely N-dealkylation sites (N-methyl/N-ethyl adjacent to an activating group) is 1. The first-order chi connectivity index (χ1) is 8.67. The molecule has 0 aliphatic heterocycles. The van der Waals surface area contributed by atoms with E-state index in [1.54, 1.807) is 7.11 Å². The second-order valence-corrected chi connectivity index (χ2v) is 4.39. The monoisotopic (exact) mass is 252 g/mol. The Hall–Kier alpha value is -1.10. The van der Waals surface area contributed by atoms with Crippen molar-refractivity contribution in [2.75, 3.05) is 40.3 Å². The van der Waals surface area contributed by atoms with Gasteiger partial charge in [-0.15, -0.1) is 0 Å². The average Bonchev–Trinajstić information content (AvgIpc) is 2.43. The second-order valence-electron chi connectivity index (χ2n) is 4.39. The van der Waals surface area contributed by atoms with Gasteiger partial charge in [-0.25, -0.2) is 0 Å². The van der Waals surface area contributed by atoms with Crippen molar-refractivity contribution < 1.29 is 9.84 Å². The minimum absolute atomic E-state index is 0.470. The largest absolute Gasteiger partial charge is 0.497 e. The van der Waals surface area contributed by atoms with Crippen molar-refractivity contribution in [2.45, 2.75) is 13.0 Å². The number of aliphatic hydroxyl groups is 1. The zero-order chi connectivity index (χ0) is 13.4. The molecule has 1 rings (SSSR count). The number of nitrogens with zero attached hydrogens (tertiary/aromatic N) is 1. The summed E-state index contributed by atoms with van der Waals surface area (Å²) in [7, 11) is 3.72. The first kappa shape index (κ1) is 15.0. The third-order valence-electron chi connectivity index (χ3n) is 3.05. The highest BCUT2D eigenvalue weighted by Gasteiger charge is 2.06. The molecule has 2 N–H and O–H groups in total. The molecule has 0 aliphatic carbocycles. The number of ether oxygens (including phenoxy) is 1. The highest BCUT2D eigenvalue weighted by Crippen LogP contribution is 2.16. The molecular weight excluding hydrogens is 228 g/mol. The molecule has 4 heteroatoms. The van der Waals surface area contributed by atoms with Gasteiger partial charge in [0, 0.05) is 19.6 Å². The fourth-order valence-electron chi connectivity index (χ4n) is 1.61. The van der Waals surface area contributed by atoms with Gasteiger partial charge in [0.05, 0.1) is 13.2 Å². The van der Waals surface area contributed by atoms with E-state index in [9.17, 15) is 5.11 Å². The summed E-state index contributed by atoms with van der Waals surface area (Å²) in [4.78, 5) is 2.23. The Balaban J connectivity index is 2.29. The molecule has 1 aromatic rings. The predicted molar refractivity (Wildman–Crippen MR) is 74.0 cm³/mol. The molecule has 0 saturated heterocycles. The molecule has 0 bridgehead atoms. The number of rotatable bonds is 8. The minimum Gasteiger partial charge on any atom is -0.497 e. The minimum atomic E-state index is -0.470. The summed E-state index contributed by atoms with van der Waals surface area (Å²) in [6.45, 7) is 5.63. The summed E-state index contributed by atoms with van der Waals surface area (Å²) in [5.74, 6) is 0.809. The van der Waals surface area contributed by atoms with E-state index in [4.69, 9.17) is 4.74 Å². The highest BCUT2D eigenvalue weighted by molar-refractivity contribution is 5.28. The molecule has 1 aromatic carbocycles. The van der Waals surface area contributed by atoms with Gasteiger partial charge in [0.1, 0.15) is 5.75 Å². The molecule has 0 aliphatic rings. The topological polar surface area (TPSA) is 44.7 Å². The molecule has 0 fully saturated rings. The number of aliphatic hydroxyl groups excluding tert-OH is 1. The van der Waals surface area contributed by atoms with Crippen molar-refractivity contribution in [1.29, 1.82) is 0 Å². The van der Waals surface area contributed by atoms with Crippen LogP contribution in [0.15, 0.2) is 24.3 Å². The lowest BCUT2D eigenvalue weighted by molar-refractivity contribution is 0.173. The normalized spacial score (nSPS) is 12.7. The lowest BCUT2D eigenvalue weighted by Gasteiger charge is -2.16. The fourth-order valence-corrected chi connectivity index (χ4v) is 1.61. The molecular formula is C14H24N2O2. The van der Waals surface area contributed by atoms with Crippen LogP contribution in [-0.4, -0.2) is 50.3 Å². The lowest BCUT2D eigenvalue weighted by atomic mass is 10.1. The zero-order valence-corrected chi connectivity index (χ0v) is 11.5. The predicted octanol–water partition coefficient (Wildman–Crippen LogP) is 1.27. The van der Waals surface area contributed by atoms with Crippen LogP contribution in [0.4, 0.5) is 0 Å². The summed E-state index contributed by atoms with van der Waals surface area (Å²) in [5, 5.41) is 13.2. The van der Waals surface area contributed by atoms with Gasteiger partial charge in [-0.1, -0.05) is 19.1 Å². The summed E-state index contributed by atoms with van der Waals surface area (Å²) in [6.07, 6.45) is -0.470. The van der Waals surface area contributed by atoms with Crippen LogP contribution in [0.1, 0.15) is 18.6 Å². The Labute approximate surface area is 110 Å². The highest BCUT2D eigenvalue weighted by atomic mass is 16.5. The number of nitrogens with one attached hydrogen (secondary N) is 1. The average molecular weight is 252 g/mol. The van der Waals surface area contributed by atoms with Gasteiger partial charge in [0.25, 0.3) is 0 Å². The standard InChI is InChI=1S/C14H24N2O2/c1-4-16(2)10-9-15-11-14(17)12-5-7-13(18-3)8-6-12/h5-8,14-15,17H,4,9-11H2,1-3H3. The Morgan fingerprint density at radius 1 is 1.33 bits per heavy atom. The Bertz CT molecular complexity index is 327. The van der Waals surface area contributed by atoms with E-state index >= 15 is 0 Å². The number of methoxy groups -OCH3 is 1. The maximum absolute atomic E-state index is 9.99. The van der Waals surface area contributed by atoms with Crippen molar-refractivity contribution in [2.24, 2.45) is 0 Å². The van der Waals surface area contributed by atoms with Crippen LogP contribution in [0, 0.1) is 0 Å². The van der Waals surface area contributed by atoms with Crippen LogP contribution in [0.3, 0.4) is 0 Å². The molecule has 0 aromatic heterocycles. The van der Waals surface area contributed by atoms with Gasteiger partial charge in [0.2, 0.25) is 0 Å². The van der Waals surface area contributed by atoms with Gasteiger partial charge in [-0.3, -0.25) is 0 Å². The summed E-state index contributed by atoms with van der Waals surface area (Å²) in [5.41, 5.74) is 0.909. The van der Waals surface area contributed by atoms with Crippen LogP contribution >= 0.6 is 0 Å². The van der Waals surface area contributed by atoms with E-state index in [0.717, 1.165) is 30.9 Å². The maximum atomic E-state index is 9.99. The molecule has 0 amide bonds. The molecule has 0 spiro atoms. The molecule has 0 saturated carbocycles. The first-order valence-corrected chi connectivity index (χ1v) is 6.38. The fraction of sp³-hybridized carbons (Fsp3) is 0.571. The van der Waals surface area contributed by atoms with Crippen molar-refractivity contribution in [3.05, 3.63) is 29.8 Å². The van der Waals surface area contributed by atoms with Gasteiger partial charge < -0.3 is 20.1 Å². The third-order valence-corrected chi connectivity index (χ3v) is 3.05. The van der Waals surface area contributed by atoms with Crippen molar-refractivity contribution in [3.8, 4) is 5.75 Å². The van der Waals surface area contributed by atoms with Crippen LogP contribution < -0.4 is 10.1 Å². The molecule has 1 unspecified atom stereocenters. The van der Waals surface area contributed by atoms with Gasteiger partial charge >= 0.3 is 0 Å². The van der Waals surface area contributed by atoms with Crippen molar-refractivity contribution in [1.82, 2.24) is 10.2 Å². The van der Waals surface area contributed by atoms with E-state index in [2.05, 4.69) is 24.2 Å². The second kappa shape index (κ2) is 8.08. The van der Waals surface area contributed by atoms with Crippen LogP contribution in [0.25, 0.3) is 0 Å². The van der Waals surface area contributed by atoms with Crippen molar-refractivity contribution >= 4 is 0 Å². The SMILES string of the molecule is CCN(C)CCNCC(O)c1ccc(OC)cc1. The molecule has 102 valence electrons. The van der Waals surface area contributed by atoms with Crippen LogP contribution in [0.2, 0.25) is 0 Å². The van der Waals surface area contributed by atoms with E-state index in [0.29, 0.717) is 6.54 Å². The summed E-state index contributed by atoms with van der Waals surface area (Å²) >= 11 is 0. The zero-order valence-electron chi connectivity index (χ0n) is 11.5. The Morgan fingerprint density at radius 2 is 2.00 bits per heavy atom. The number of hydrogen-bond donors (Lipinski definition) is 2. The smallest absolute Gasteiger partial charge is 0.118 e. The van der Waals surface area contributed by atoms with Gasteiger partial charge in [0.15, 0.2) is 0 Å². The summed E-state index contributed by atoms with van der Waals surface area (Å²) < 4.78 is 5.08. The van der Waals surface area contributed by atoms with E-state index in [1.807, 2.05) is 24.3 Å². The Morgan fingerprint density at radius 3 is 2.56 bits per heavy atom. The molecule has 0 heterocycles. The summed E-state index contributed by atoms with van der Waals surface area (Å²) in [6, 6.07) is 7.51. The quantitative estimate of drug-likeness (QED) is 0.684. The molecule has 0 radical (unpaired) electrons. The van der Waals surface area contributed by atoms with Gasteiger partial charge in [-0.05, 0) is 31.3 Å². The molecule has 4 nitrogen and oxygen atoms in total. The molecule has 18 heavy (non-hydrogen) atoms. The van der Waals surface area contributed by atoms with E-state index in [1.165, 1.54) is 0 Å². The number of hydrogen-bond acceptors (Lipinski definition) is 4. The Kier molecular flexibility index (Phi) is 6.72. The van der Waals surface area contributed by atoms with Crippen LogP contribution in [0.5, 0.6) is 5.75 Å². The third kappa shape index (κ3) is 5.04. The first-order valence-electron chi connectivity index (χ1n) is 6.38. The number of benzene rings is 1. The lowest BCUT2D eigenvalue weighted by Crippen LogP contribution is -2.31. The van der Waals surface area contributed by atoms with Crippen molar-refractivity contribution in [3.63, 3.8) is 0 Å². The van der Waals surface area contributed by atoms with Gasteiger partial charge in [-0.2, -0.15) is 0 Å². The van der Waals surface area contributed by atoms with E-state index in [-0.39, 0.29) is 0 Å². The molecule has 1 atom stereocenters. The van der Waals surface area contributed by atoms with E-state index < -0.39 is 6.10 Å².